The summed E-state index contributed by atoms with van der Waals surface area (Å²) in [7, 11) is 1.57. The van der Waals surface area contributed by atoms with Crippen molar-refractivity contribution in [1.29, 1.82) is 0 Å². The normalized spacial score (nSPS) is 8.00. The third-order valence-corrected chi connectivity index (χ3v) is 0.966. The third-order valence-electron chi connectivity index (χ3n) is 0.966. The van der Waals surface area contributed by atoms with Crippen LogP contribution in [0.5, 0.6) is 5.88 Å². The molecule has 3 heteroatoms. The Morgan fingerprint density at radius 1 is 1.18 bits per heavy atom. The van der Waals surface area contributed by atoms with E-state index in [2.05, 4.69) is 9.97 Å². The third kappa shape index (κ3) is 3.55. The largest absolute Gasteiger partial charge is 0.480 e. The van der Waals surface area contributed by atoms with E-state index in [1.54, 1.807) is 19.5 Å². The fourth-order valence-electron chi connectivity index (χ4n) is 0.486. The standard InChI is InChI=1S/C6H8N2O.C2H6/c1-5-3-8-6(9-2)4-7-5;1-2/h3-4H,1-2H3;1-2H3. The zero-order valence-corrected chi connectivity index (χ0v) is 7.46. The number of ether oxygens (including phenoxy) is 1. The molecule has 1 aromatic heterocycles. The second-order valence-corrected chi connectivity index (χ2v) is 1.70. The van der Waals surface area contributed by atoms with Crippen LogP contribution in [0.4, 0.5) is 0 Å². The molecular formula is C8H14N2O. The Bertz CT molecular complexity index is 184. The van der Waals surface area contributed by atoms with Crippen LogP contribution >= 0.6 is 0 Å². The molecule has 0 bridgehead atoms. The maximum atomic E-state index is 4.80. The van der Waals surface area contributed by atoms with Crippen molar-refractivity contribution >= 4 is 0 Å². The predicted octanol–water partition coefficient (Wildman–Crippen LogP) is 1.82. The monoisotopic (exact) mass is 154 g/mol. The molecule has 0 radical (unpaired) electrons. The van der Waals surface area contributed by atoms with Crippen LogP contribution in [0.25, 0.3) is 0 Å². The number of methoxy groups -OCH3 is 1. The van der Waals surface area contributed by atoms with E-state index in [4.69, 9.17) is 4.74 Å². The highest BCUT2D eigenvalue weighted by atomic mass is 16.5. The Morgan fingerprint density at radius 3 is 2.18 bits per heavy atom. The second-order valence-electron chi connectivity index (χ2n) is 1.70. The summed E-state index contributed by atoms with van der Waals surface area (Å²) < 4.78 is 4.80. The van der Waals surface area contributed by atoms with Crippen molar-refractivity contribution < 1.29 is 4.74 Å². The maximum Gasteiger partial charge on any atom is 0.231 e. The minimum atomic E-state index is 0.556. The molecule has 1 aromatic rings. The van der Waals surface area contributed by atoms with E-state index in [1.807, 2.05) is 20.8 Å². The molecule has 0 aliphatic carbocycles. The highest BCUT2D eigenvalue weighted by Crippen LogP contribution is 2.00. The van der Waals surface area contributed by atoms with E-state index in [-0.39, 0.29) is 0 Å². The molecule has 0 unspecified atom stereocenters. The van der Waals surface area contributed by atoms with Crippen LogP contribution in [0.1, 0.15) is 19.5 Å². The summed E-state index contributed by atoms with van der Waals surface area (Å²) in [6.45, 7) is 5.88. The van der Waals surface area contributed by atoms with Gasteiger partial charge in [0.1, 0.15) is 0 Å². The molecule has 3 nitrogen and oxygen atoms in total. The van der Waals surface area contributed by atoms with Crippen molar-refractivity contribution in [3.8, 4) is 5.88 Å². The summed E-state index contributed by atoms with van der Waals surface area (Å²) in [5.74, 6) is 0.556. The first-order valence-corrected chi connectivity index (χ1v) is 3.65. The van der Waals surface area contributed by atoms with Gasteiger partial charge in [0, 0.05) is 0 Å². The van der Waals surface area contributed by atoms with Gasteiger partial charge >= 0.3 is 0 Å². The molecule has 1 heterocycles. The molecule has 1 rings (SSSR count). The van der Waals surface area contributed by atoms with Crippen LogP contribution in [-0.2, 0) is 0 Å². The van der Waals surface area contributed by atoms with E-state index < -0.39 is 0 Å². The molecule has 0 saturated heterocycles. The van der Waals surface area contributed by atoms with Gasteiger partial charge < -0.3 is 4.74 Å². The van der Waals surface area contributed by atoms with Gasteiger partial charge in [0.25, 0.3) is 0 Å². The zero-order valence-electron chi connectivity index (χ0n) is 7.46. The summed E-state index contributed by atoms with van der Waals surface area (Å²) >= 11 is 0. The molecule has 11 heavy (non-hydrogen) atoms. The lowest BCUT2D eigenvalue weighted by Gasteiger charge is -1.94. The minimum Gasteiger partial charge on any atom is -0.480 e. The predicted molar refractivity (Wildman–Crippen MR) is 44.7 cm³/mol. The van der Waals surface area contributed by atoms with Gasteiger partial charge in [0.15, 0.2) is 0 Å². The SMILES string of the molecule is CC.COc1cnc(C)cn1. The number of hydrogen-bond acceptors (Lipinski definition) is 3. The summed E-state index contributed by atoms with van der Waals surface area (Å²) in [5.41, 5.74) is 0.899. The highest BCUT2D eigenvalue weighted by molar-refractivity contribution is 5.05. The van der Waals surface area contributed by atoms with Gasteiger partial charge in [-0.3, -0.25) is 4.98 Å². The van der Waals surface area contributed by atoms with Crippen molar-refractivity contribution in [1.82, 2.24) is 9.97 Å². The van der Waals surface area contributed by atoms with Crippen molar-refractivity contribution in [2.45, 2.75) is 20.8 Å². The van der Waals surface area contributed by atoms with Gasteiger partial charge in [-0.2, -0.15) is 0 Å². The topological polar surface area (TPSA) is 35.0 Å². The van der Waals surface area contributed by atoms with Crippen LogP contribution in [0.3, 0.4) is 0 Å². The fraction of sp³-hybridized carbons (Fsp3) is 0.500. The Hall–Kier alpha value is -1.12. The number of aromatic nitrogens is 2. The average Bonchev–Trinajstić information content (AvgIpc) is 2.10. The first kappa shape index (κ1) is 9.88. The van der Waals surface area contributed by atoms with Crippen LogP contribution in [0, 0.1) is 6.92 Å². The van der Waals surface area contributed by atoms with Gasteiger partial charge in [-0.1, -0.05) is 13.8 Å². The molecule has 0 amide bonds. The lowest BCUT2D eigenvalue weighted by atomic mass is 10.5. The van der Waals surface area contributed by atoms with Gasteiger partial charge in [0.2, 0.25) is 5.88 Å². The van der Waals surface area contributed by atoms with Crippen molar-refractivity contribution in [3.05, 3.63) is 18.1 Å². The van der Waals surface area contributed by atoms with E-state index >= 15 is 0 Å². The molecule has 62 valence electrons. The summed E-state index contributed by atoms with van der Waals surface area (Å²) in [6.07, 6.45) is 3.26. The van der Waals surface area contributed by atoms with E-state index in [1.165, 1.54) is 0 Å². The van der Waals surface area contributed by atoms with Gasteiger partial charge in [-0.15, -0.1) is 0 Å². The molecule has 0 atom stereocenters. The Kier molecular flexibility index (Phi) is 5.07. The molecule has 0 N–H and O–H groups in total. The lowest BCUT2D eigenvalue weighted by Crippen LogP contribution is -1.88. The fourth-order valence-corrected chi connectivity index (χ4v) is 0.486. The first-order chi connectivity index (χ1) is 5.33. The molecule has 0 spiro atoms. The molecular weight excluding hydrogens is 140 g/mol. The number of hydrogen-bond donors (Lipinski definition) is 0. The Morgan fingerprint density at radius 2 is 1.82 bits per heavy atom. The lowest BCUT2D eigenvalue weighted by molar-refractivity contribution is 0.395. The average molecular weight is 154 g/mol. The van der Waals surface area contributed by atoms with Gasteiger partial charge in [-0.25, -0.2) is 4.98 Å². The van der Waals surface area contributed by atoms with Crippen LogP contribution in [0.15, 0.2) is 12.4 Å². The zero-order chi connectivity index (χ0) is 8.69. The molecule has 0 aliphatic rings. The summed E-state index contributed by atoms with van der Waals surface area (Å²) in [6, 6.07) is 0. The first-order valence-electron chi connectivity index (χ1n) is 3.65. The van der Waals surface area contributed by atoms with E-state index in [0.29, 0.717) is 5.88 Å². The summed E-state index contributed by atoms with van der Waals surface area (Å²) in [4.78, 5) is 7.87. The number of aryl methyl sites for hydroxylation is 1. The van der Waals surface area contributed by atoms with Crippen molar-refractivity contribution in [3.63, 3.8) is 0 Å². The number of rotatable bonds is 1. The smallest absolute Gasteiger partial charge is 0.231 e. The van der Waals surface area contributed by atoms with Crippen molar-refractivity contribution in [2.24, 2.45) is 0 Å². The minimum absolute atomic E-state index is 0.556. The van der Waals surface area contributed by atoms with E-state index in [9.17, 15) is 0 Å². The summed E-state index contributed by atoms with van der Waals surface area (Å²) in [5, 5.41) is 0. The number of nitrogens with zero attached hydrogens (tertiary/aromatic N) is 2. The molecule has 0 aromatic carbocycles. The van der Waals surface area contributed by atoms with Gasteiger partial charge in [0.05, 0.1) is 25.2 Å². The van der Waals surface area contributed by atoms with Gasteiger partial charge in [-0.05, 0) is 6.92 Å². The van der Waals surface area contributed by atoms with Crippen molar-refractivity contribution in [2.75, 3.05) is 7.11 Å². The molecule has 0 fully saturated rings. The van der Waals surface area contributed by atoms with Crippen LogP contribution in [0.2, 0.25) is 0 Å². The molecule has 0 saturated carbocycles. The van der Waals surface area contributed by atoms with Crippen LogP contribution in [-0.4, -0.2) is 17.1 Å². The Balaban J connectivity index is 0.000000461. The second kappa shape index (κ2) is 5.65. The van der Waals surface area contributed by atoms with E-state index in [0.717, 1.165) is 5.69 Å². The highest BCUT2D eigenvalue weighted by Gasteiger charge is 1.88. The molecule has 0 aliphatic heterocycles. The Labute approximate surface area is 67.4 Å². The maximum absolute atomic E-state index is 4.80. The quantitative estimate of drug-likeness (QED) is 0.619. The van der Waals surface area contributed by atoms with Crippen LogP contribution < -0.4 is 4.74 Å².